The molecule has 2 aromatic rings. The molecule has 0 radical (unpaired) electrons. The van der Waals surface area contributed by atoms with Crippen LogP contribution in [0.25, 0.3) is 11.3 Å². The van der Waals surface area contributed by atoms with Gasteiger partial charge in [0.1, 0.15) is 0 Å². The zero-order valence-electron chi connectivity index (χ0n) is 8.19. The molecule has 0 spiro atoms. The average Bonchev–Trinajstić information content (AvgIpc) is 2.86. The minimum Gasteiger partial charge on any atom is -0.365 e. The number of anilines is 1. The smallest absolute Gasteiger partial charge is 0.182 e. The summed E-state index contributed by atoms with van der Waals surface area (Å²) in [6, 6.07) is 0. The third kappa shape index (κ3) is 1.63. The number of hydrogen-bond donors (Lipinski definition) is 1. The van der Waals surface area contributed by atoms with Crippen LogP contribution >= 0.6 is 11.3 Å². The first-order valence-corrected chi connectivity index (χ1v) is 5.37. The minimum absolute atomic E-state index is 0.892. The van der Waals surface area contributed by atoms with Crippen LogP contribution in [0.5, 0.6) is 0 Å². The van der Waals surface area contributed by atoms with Crippen molar-refractivity contribution in [3.8, 4) is 11.3 Å². The van der Waals surface area contributed by atoms with Gasteiger partial charge in [-0.25, -0.2) is 4.98 Å². The van der Waals surface area contributed by atoms with Crippen LogP contribution in [0.2, 0.25) is 0 Å². The molecule has 14 heavy (non-hydrogen) atoms. The number of rotatable bonds is 3. The van der Waals surface area contributed by atoms with Crippen LogP contribution in [0.3, 0.4) is 0 Å². The fraction of sp³-hybridized carbons (Fsp3) is 0.333. The van der Waals surface area contributed by atoms with E-state index in [1.54, 1.807) is 11.3 Å². The lowest BCUT2D eigenvalue weighted by atomic mass is 10.3. The van der Waals surface area contributed by atoms with Crippen LogP contribution < -0.4 is 5.32 Å². The fourth-order valence-electron chi connectivity index (χ4n) is 1.19. The summed E-state index contributed by atoms with van der Waals surface area (Å²) in [7, 11) is 1.87. The average molecular weight is 208 g/mol. The highest BCUT2D eigenvalue weighted by Crippen LogP contribution is 2.23. The maximum Gasteiger partial charge on any atom is 0.182 e. The van der Waals surface area contributed by atoms with Crippen LogP contribution in [-0.2, 0) is 6.54 Å². The Morgan fingerprint density at radius 1 is 1.57 bits per heavy atom. The maximum atomic E-state index is 4.40. The van der Waals surface area contributed by atoms with E-state index in [9.17, 15) is 0 Å². The Balaban J connectivity index is 2.29. The highest BCUT2D eigenvalue weighted by atomic mass is 32.1. The van der Waals surface area contributed by atoms with Crippen molar-refractivity contribution in [1.82, 2.24) is 14.8 Å². The van der Waals surface area contributed by atoms with Gasteiger partial charge in [0.15, 0.2) is 5.13 Å². The van der Waals surface area contributed by atoms with Gasteiger partial charge in [-0.3, -0.25) is 4.68 Å². The van der Waals surface area contributed by atoms with E-state index in [1.165, 1.54) is 0 Å². The SMILES string of the molecule is CCn1cc(-c2csc(NC)n2)cn1. The first kappa shape index (κ1) is 9.21. The van der Waals surface area contributed by atoms with Crippen molar-refractivity contribution in [2.24, 2.45) is 0 Å². The van der Waals surface area contributed by atoms with E-state index < -0.39 is 0 Å². The van der Waals surface area contributed by atoms with Crippen molar-refractivity contribution in [1.29, 1.82) is 0 Å². The molecule has 0 aromatic carbocycles. The highest BCUT2D eigenvalue weighted by molar-refractivity contribution is 7.14. The topological polar surface area (TPSA) is 42.7 Å². The third-order valence-corrected chi connectivity index (χ3v) is 2.83. The van der Waals surface area contributed by atoms with Crippen molar-refractivity contribution in [2.75, 3.05) is 12.4 Å². The van der Waals surface area contributed by atoms with Gasteiger partial charge in [-0.1, -0.05) is 0 Å². The lowest BCUT2D eigenvalue weighted by molar-refractivity contribution is 0.660. The Morgan fingerprint density at radius 2 is 2.43 bits per heavy atom. The van der Waals surface area contributed by atoms with E-state index in [4.69, 9.17) is 0 Å². The van der Waals surface area contributed by atoms with Gasteiger partial charge in [-0.05, 0) is 6.92 Å². The standard InChI is InChI=1S/C9H12N4S/c1-3-13-5-7(4-11-13)8-6-14-9(10-2)12-8/h4-6H,3H2,1-2H3,(H,10,12). The second-order valence-electron chi connectivity index (χ2n) is 2.87. The molecule has 0 saturated heterocycles. The number of nitrogens with zero attached hydrogens (tertiary/aromatic N) is 3. The van der Waals surface area contributed by atoms with Gasteiger partial charge in [-0.2, -0.15) is 5.10 Å². The van der Waals surface area contributed by atoms with Crippen LogP contribution in [0.4, 0.5) is 5.13 Å². The number of aryl methyl sites for hydroxylation is 1. The second-order valence-corrected chi connectivity index (χ2v) is 3.73. The molecular weight excluding hydrogens is 196 g/mol. The maximum absolute atomic E-state index is 4.40. The lowest BCUT2D eigenvalue weighted by Crippen LogP contribution is -1.92. The molecule has 0 amide bonds. The lowest BCUT2D eigenvalue weighted by Gasteiger charge is -1.91. The Bertz CT molecular complexity index is 378. The van der Waals surface area contributed by atoms with Crippen molar-refractivity contribution in [3.63, 3.8) is 0 Å². The van der Waals surface area contributed by atoms with E-state index in [-0.39, 0.29) is 0 Å². The molecule has 0 atom stereocenters. The largest absolute Gasteiger partial charge is 0.365 e. The molecular formula is C9H12N4S. The van der Waals surface area contributed by atoms with Crippen molar-refractivity contribution < 1.29 is 0 Å². The minimum atomic E-state index is 0.892. The van der Waals surface area contributed by atoms with Gasteiger partial charge in [0.2, 0.25) is 0 Å². The van der Waals surface area contributed by atoms with Gasteiger partial charge in [0.25, 0.3) is 0 Å². The van der Waals surface area contributed by atoms with Gasteiger partial charge in [-0.15, -0.1) is 11.3 Å². The first-order chi connectivity index (χ1) is 6.83. The van der Waals surface area contributed by atoms with Gasteiger partial charge >= 0.3 is 0 Å². The first-order valence-electron chi connectivity index (χ1n) is 4.49. The molecule has 0 bridgehead atoms. The van der Waals surface area contributed by atoms with Gasteiger partial charge in [0, 0.05) is 30.7 Å². The number of hydrogen-bond acceptors (Lipinski definition) is 4. The molecule has 74 valence electrons. The summed E-state index contributed by atoms with van der Waals surface area (Å²) in [5.74, 6) is 0. The Kier molecular flexibility index (Phi) is 2.49. The number of thiazole rings is 1. The molecule has 0 saturated carbocycles. The predicted octanol–water partition coefficient (Wildman–Crippen LogP) is 2.07. The second kappa shape index (κ2) is 3.79. The predicted molar refractivity (Wildman–Crippen MR) is 58.6 cm³/mol. The van der Waals surface area contributed by atoms with Crippen molar-refractivity contribution in [2.45, 2.75) is 13.5 Å². The zero-order chi connectivity index (χ0) is 9.97. The van der Waals surface area contributed by atoms with E-state index in [1.807, 2.05) is 29.5 Å². The molecule has 2 rings (SSSR count). The molecule has 4 nitrogen and oxygen atoms in total. The summed E-state index contributed by atoms with van der Waals surface area (Å²) in [5.41, 5.74) is 2.06. The number of aromatic nitrogens is 3. The van der Waals surface area contributed by atoms with E-state index in [0.717, 1.165) is 22.9 Å². The molecule has 1 N–H and O–H groups in total. The molecule has 0 aliphatic carbocycles. The normalized spacial score (nSPS) is 10.4. The van der Waals surface area contributed by atoms with Crippen LogP contribution in [0.15, 0.2) is 17.8 Å². The summed E-state index contributed by atoms with van der Waals surface area (Å²) in [5, 5.41) is 10.2. The molecule has 0 fully saturated rings. The van der Waals surface area contributed by atoms with E-state index in [0.29, 0.717) is 0 Å². The number of nitrogens with one attached hydrogen (secondary N) is 1. The molecule has 0 aliphatic heterocycles. The van der Waals surface area contributed by atoms with Gasteiger partial charge in [0.05, 0.1) is 11.9 Å². The molecule has 5 heteroatoms. The molecule has 2 heterocycles. The van der Waals surface area contributed by atoms with Crippen molar-refractivity contribution >= 4 is 16.5 Å². The Morgan fingerprint density at radius 3 is 3.00 bits per heavy atom. The molecule has 2 aromatic heterocycles. The van der Waals surface area contributed by atoms with Crippen molar-refractivity contribution in [3.05, 3.63) is 17.8 Å². The van der Waals surface area contributed by atoms with E-state index in [2.05, 4.69) is 22.3 Å². The zero-order valence-corrected chi connectivity index (χ0v) is 9.01. The third-order valence-electron chi connectivity index (χ3n) is 1.97. The monoisotopic (exact) mass is 208 g/mol. The summed E-state index contributed by atoms with van der Waals surface area (Å²) >= 11 is 1.60. The van der Waals surface area contributed by atoms with Gasteiger partial charge < -0.3 is 5.32 Å². The Labute approximate surface area is 86.6 Å². The molecule has 0 aliphatic rings. The van der Waals surface area contributed by atoms with Crippen LogP contribution in [0.1, 0.15) is 6.92 Å². The summed E-state index contributed by atoms with van der Waals surface area (Å²) in [6.45, 7) is 2.96. The summed E-state index contributed by atoms with van der Waals surface area (Å²) < 4.78 is 1.90. The molecule has 0 unspecified atom stereocenters. The summed E-state index contributed by atoms with van der Waals surface area (Å²) in [6.07, 6.45) is 3.85. The van der Waals surface area contributed by atoms with E-state index >= 15 is 0 Å². The van der Waals surface area contributed by atoms with Crippen LogP contribution in [-0.4, -0.2) is 21.8 Å². The Hall–Kier alpha value is -1.36. The quantitative estimate of drug-likeness (QED) is 0.839. The van der Waals surface area contributed by atoms with Crippen LogP contribution in [0, 0.1) is 0 Å². The highest BCUT2D eigenvalue weighted by Gasteiger charge is 2.05. The fourth-order valence-corrected chi connectivity index (χ4v) is 1.87. The summed E-state index contributed by atoms with van der Waals surface area (Å²) in [4.78, 5) is 4.40.